The number of aliphatic carboxylic acids is 1. The van der Waals surface area contributed by atoms with Crippen molar-refractivity contribution < 1.29 is 9.90 Å². The van der Waals surface area contributed by atoms with Gasteiger partial charge in [0.15, 0.2) is 0 Å². The van der Waals surface area contributed by atoms with Crippen LogP contribution in [-0.4, -0.2) is 11.1 Å². The summed E-state index contributed by atoms with van der Waals surface area (Å²) in [6, 6.07) is 4.18. The van der Waals surface area contributed by atoms with Crippen LogP contribution in [0.2, 0.25) is 0 Å². The molecule has 0 amide bonds. The summed E-state index contributed by atoms with van der Waals surface area (Å²) in [7, 11) is 0. The van der Waals surface area contributed by atoms with Crippen molar-refractivity contribution in [2.24, 2.45) is 5.92 Å². The predicted octanol–water partition coefficient (Wildman–Crippen LogP) is 3.25. The Hall–Kier alpha value is -0.830. The van der Waals surface area contributed by atoms with Crippen LogP contribution in [0.4, 0.5) is 0 Å². The largest absolute Gasteiger partial charge is 0.481 e. The summed E-state index contributed by atoms with van der Waals surface area (Å²) in [5.41, 5.74) is 3.53. The Morgan fingerprint density at radius 3 is 2.33 bits per heavy atom. The molecule has 0 unspecified atom stereocenters. The lowest BCUT2D eigenvalue weighted by Crippen LogP contribution is -1.99. The van der Waals surface area contributed by atoms with Crippen molar-refractivity contribution in [1.29, 1.82) is 0 Å². The Morgan fingerprint density at radius 1 is 1.40 bits per heavy atom. The number of carbonyl (C=O) groups is 1. The summed E-state index contributed by atoms with van der Waals surface area (Å²) in [5, 5.41) is 8.87. The minimum atomic E-state index is -0.668. The van der Waals surface area contributed by atoms with Gasteiger partial charge in [0.1, 0.15) is 0 Å². The number of benzene rings is 1. The Bertz CT molecular complexity index is 403. The third-order valence-electron chi connectivity index (χ3n) is 2.99. The minimum absolute atomic E-state index is 0.162. The molecule has 0 bridgehead atoms. The summed E-state index contributed by atoms with van der Waals surface area (Å²) in [5.74, 6) is -0.601. The highest BCUT2D eigenvalue weighted by Crippen LogP contribution is 2.48. The number of hydrogen-bond acceptors (Lipinski definition) is 1. The minimum Gasteiger partial charge on any atom is -0.481 e. The van der Waals surface area contributed by atoms with Gasteiger partial charge in [-0.15, -0.1) is 0 Å². The van der Waals surface area contributed by atoms with Gasteiger partial charge in [0.25, 0.3) is 0 Å². The monoisotopic (exact) mass is 268 g/mol. The Labute approximate surface area is 97.4 Å². The number of aryl methyl sites for hydroxylation is 2. The highest BCUT2D eigenvalue weighted by atomic mass is 79.9. The molecule has 1 fully saturated rings. The first kappa shape index (κ1) is 10.7. The SMILES string of the molecule is Cc1cc([C@@H]2C[C@H]2C(=O)O)cc(C)c1Br. The Morgan fingerprint density at radius 2 is 1.93 bits per heavy atom. The first-order valence-corrected chi connectivity index (χ1v) is 5.79. The summed E-state index contributed by atoms with van der Waals surface area (Å²) in [6.45, 7) is 4.08. The van der Waals surface area contributed by atoms with E-state index in [1.165, 1.54) is 16.7 Å². The van der Waals surface area contributed by atoms with Crippen molar-refractivity contribution in [2.75, 3.05) is 0 Å². The average molecular weight is 269 g/mol. The van der Waals surface area contributed by atoms with Gasteiger partial charge < -0.3 is 5.11 Å². The number of hydrogen-bond donors (Lipinski definition) is 1. The molecule has 15 heavy (non-hydrogen) atoms. The molecule has 2 rings (SSSR count). The van der Waals surface area contributed by atoms with Crippen LogP contribution in [0.3, 0.4) is 0 Å². The van der Waals surface area contributed by atoms with Gasteiger partial charge in [0, 0.05) is 4.47 Å². The summed E-state index contributed by atoms with van der Waals surface area (Å²) in [4.78, 5) is 10.8. The van der Waals surface area contributed by atoms with Crippen LogP contribution >= 0.6 is 15.9 Å². The molecule has 1 aromatic carbocycles. The summed E-state index contributed by atoms with van der Waals surface area (Å²) >= 11 is 3.51. The van der Waals surface area contributed by atoms with Gasteiger partial charge in [-0.1, -0.05) is 28.1 Å². The average Bonchev–Trinajstić information content (AvgIpc) is 2.92. The molecule has 0 radical (unpaired) electrons. The van der Waals surface area contributed by atoms with Crippen LogP contribution in [0, 0.1) is 19.8 Å². The quantitative estimate of drug-likeness (QED) is 0.894. The van der Waals surface area contributed by atoms with Gasteiger partial charge in [-0.2, -0.15) is 0 Å². The number of rotatable bonds is 2. The fraction of sp³-hybridized carbons (Fsp3) is 0.417. The molecule has 1 N–H and O–H groups in total. The fourth-order valence-electron chi connectivity index (χ4n) is 2.03. The molecule has 0 saturated heterocycles. The van der Waals surface area contributed by atoms with Crippen LogP contribution in [0.1, 0.15) is 29.0 Å². The van der Waals surface area contributed by atoms with E-state index >= 15 is 0 Å². The molecule has 0 heterocycles. The van der Waals surface area contributed by atoms with Crippen LogP contribution in [0.15, 0.2) is 16.6 Å². The molecule has 2 nitrogen and oxygen atoms in total. The molecule has 1 saturated carbocycles. The molecule has 0 aromatic heterocycles. The molecule has 80 valence electrons. The Balaban J connectivity index is 2.28. The zero-order valence-corrected chi connectivity index (χ0v) is 10.3. The molecule has 2 atom stereocenters. The van der Waals surface area contributed by atoms with Crippen molar-refractivity contribution in [2.45, 2.75) is 26.2 Å². The zero-order valence-electron chi connectivity index (χ0n) is 8.75. The van der Waals surface area contributed by atoms with E-state index in [0.717, 1.165) is 10.9 Å². The van der Waals surface area contributed by atoms with E-state index in [4.69, 9.17) is 5.11 Å². The van der Waals surface area contributed by atoms with Gasteiger partial charge >= 0.3 is 5.97 Å². The van der Waals surface area contributed by atoms with Crippen LogP contribution in [-0.2, 0) is 4.79 Å². The molecular formula is C12H13BrO2. The maximum Gasteiger partial charge on any atom is 0.307 e. The first-order valence-electron chi connectivity index (χ1n) is 5.00. The van der Waals surface area contributed by atoms with E-state index in [1.54, 1.807) is 0 Å². The number of halogens is 1. The third-order valence-corrected chi connectivity index (χ3v) is 4.25. The molecular weight excluding hydrogens is 256 g/mol. The summed E-state index contributed by atoms with van der Waals surface area (Å²) < 4.78 is 1.12. The van der Waals surface area contributed by atoms with Gasteiger partial charge in [0.05, 0.1) is 5.92 Å². The molecule has 1 aromatic rings. The van der Waals surface area contributed by atoms with Crippen molar-refractivity contribution in [1.82, 2.24) is 0 Å². The zero-order chi connectivity index (χ0) is 11.2. The maximum atomic E-state index is 10.8. The van der Waals surface area contributed by atoms with Crippen LogP contribution in [0.25, 0.3) is 0 Å². The van der Waals surface area contributed by atoms with Crippen molar-refractivity contribution >= 4 is 21.9 Å². The molecule has 0 spiro atoms. The second-order valence-corrected chi connectivity index (χ2v) is 5.05. The van der Waals surface area contributed by atoms with Gasteiger partial charge in [-0.3, -0.25) is 4.79 Å². The highest BCUT2D eigenvalue weighted by Gasteiger charge is 2.44. The molecule has 1 aliphatic carbocycles. The second-order valence-electron chi connectivity index (χ2n) is 4.26. The standard InChI is InChI=1S/C12H13BrO2/c1-6-3-8(4-7(2)11(6)13)9-5-10(9)12(14)15/h3-4,9-10H,5H2,1-2H3,(H,14,15)/t9-,10+/m0/s1. The van der Waals surface area contributed by atoms with Crippen LogP contribution < -0.4 is 0 Å². The molecule has 0 aliphatic heterocycles. The molecule has 3 heteroatoms. The van der Waals surface area contributed by atoms with Crippen LogP contribution in [0.5, 0.6) is 0 Å². The second kappa shape index (κ2) is 3.63. The van der Waals surface area contributed by atoms with E-state index in [-0.39, 0.29) is 11.8 Å². The predicted molar refractivity (Wildman–Crippen MR) is 62.1 cm³/mol. The first-order chi connectivity index (χ1) is 7.00. The van der Waals surface area contributed by atoms with Gasteiger partial charge in [-0.05, 0) is 42.9 Å². The summed E-state index contributed by atoms with van der Waals surface area (Å²) in [6.07, 6.45) is 0.788. The van der Waals surface area contributed by atoms with Crippen molar-refractivity contribution in [3.05, 3.63) is 33.3 Å². The smallest absolute Gasteiger partial charge is 0.307 e. The maximum absolute atomic E-state index is 10.8. The lowest BCUT2D eigenvalue weighted by Gasteiger charge is -2.07. The molecule has 1 aliphatic rings. The van der Waals surface area contributed by atoms with E-state index in [0.29, 0.717) is 0 Å². The topological polar surface area (TPSA) is 37.3 Å². The number of carboxylic acid groups (broad SMARTS) is 1. The van der Waals surface area contributed by atoms with Gasteiger partial charge in [-0.25, -0.2) is 0 Å². The van der Waals surface area contributed by atoms with E-state index in [1.807, 2.05) is 13.8 Å². The normalized spacial score (nSPS) is 23.9. The lowest BCUT2D eigenvalue weighted by molar-refractivity contribution is -0.138. The lowest BCUT2D eigenvalue weighted by atomic mass is 10.0. The fourth-order valence-corrected chi connectivity index (χ4v) is 2.26. The van der Waals surface area contributed by atoms with Gasteiger partial charge in [0.2, 0.25) is 0 Å². The van der Waals surface area contributed by atoms with E-state index in [2.05, 4.69) is 28.1 Å². The highest BCUT2D eigenvalue weighted by molar-refractivity contribution is 9.10. The number of carboxylic acids is 1. The van der Waals surface area contributed by atoms with Crippen molar-refractivity contribution in [3.8, 4) is 0 Å². The van der Waals surface area contributed by atoms with Crippen molar-refractivity contribution in [3.63, 3.8) is 0 Å². The van der Waals surface area contributed by atoms with E-state index in [9.17, 15) is 4.79 Å². The van der Waals surface area contributed by atoms with E-state index < -0.39 is 5.97 Å². The Kier molecular flexibility index (Phi) is 2.59. The third kappa shape index (κ3) is 1.93.